The summed E-state index contributed by atoms with van der Waals surface area (Å²) >= 11 is 5.64. The van der Waals surface area contributed by atoms with Gasteiger partial charge in [0.1, 0.15) is 5.82 Å². The third kappa shape index (κ3) is 2.76. The van der Waals surface area contributed by atoms with E-state index in [2.05, 4.69) is 5.10 Å². The van der Waals surface area contributed by atoms with Gasteiger partial charge in [0, 0.05) is 30.4 Å². The minimum absolute atomic E-state index is 0.0848. The number of carbonyl (C=O) groups excluding carboxylic acids is 1. The molecule has 0 unspecified atom stereocenters. The zero-order chi connectivity index (χ0) is 13.1. The summed E-state index contributed by atoms with van der Waals surface area (Å²) in [6.07, 6.45) is 2.46. The predicted octanol–water partition coefficient (Wildman–Crippen LogP) is 3.03. The maximum Gasteiger partial charge on any atom is 0.166 e. The average molecular weight is 267 g/mol. The fraction of sp³-hybridized carbons (Fsp3) is 0.231. The standard InChI is InChI=1S/C13H12ClFN2O/c1-17-10(6-7-16-17)3-5-13(18)11-4-2-9(14)8-12(11)15/h2,4,6-8H,3,5H2,1H3. The van der Waals surface area contributed by atoms with Gasteiger partial charge in [-0.25, -0.2) is 4.39 Å². The van der Waals surface area contributed by atoms with Crippen LogP contribution in [0.5, 0.6) is 0 Å². The van der Waals surface area contributed by atoms with Gasteiger partial charge >= 0.3 is 0 Å². The van der Waals surface area contributed by atoms with Gasteiger partial charge in [0.05, 0.1) is 5.56 Å². The molecule has 0 saturated heterocycles. The maximum absolute atomic E-state index is 13.5. The Kier molecular flexibility index (Phi) is 3.77. The fourth-order valence-corrected chi connectivity index (χ4v) is 1.90. The van der Waals surface area contributed by atoms with E-state index in [1.165, 1.54) is 12.1 Å². The number of ketones is 1. The Labute approximate surface area is 109 Å². The lowest BCUT2D eigenvalue weighted by Crippen LogP contribution is -2.06. The minimum Gasteiger partial charge on any atom is -0.294 e. The van der Waals surface area contributed by atoms with Crippen molar-refractivity contribution < 1.29 is 9.18 Å². The van der Waals surface area contributed by atoms with Crippen molar-refractivity contribution in [3.8, 4) is 0 Å². The smallest absolute Gasteiger partial charge is 0.166 e. The molecule has 5 heteroatoms. The number of halogens is 2. The number of aryl methyl sites for hydroxylation is 2. The predicted molar refractivity (Wildman–Crippen MR) is 67.3 cm³/mol. The summed E-state index contributed by atoms with van der Waals surface area (Å²) in [6, 6.07) is 5.93. The van der Waals surface area contributed by atoms with E-state index in [1.807, 2.05) is 13.1 Å². The van der Waals surface area contributed by atoms with Crippen molar-refractivity contribution >= 4 is 17.4 Å². The molecular formula is C13H12ClFN2O. The van der Waals surface area contributed by atoms with Crippen LogP contribution < -0.4 is 0 Å². The van der Waals surface area contributed by atoms with E-state index in [1.54, 1.807) is 10.9 Å². The number of benzene rings is 1. The lowest BCUT2D eigenvalue weighted by atomic mass is 10.1. The van der Waals surface area contributed by atoms with Gasteiger partial charge in [0.25, 0.3) is 0 Å². The molecule has 0 saturated carbocycles. The van der Waals surface area contributed by atoms with Crippen molar-refractivity contribution in [3.63, 3.8) is 0 Å². The van der Waals surface area contributed by atoms with Crippen LogP contribution in [0.15, 0.2) is 30.5 Å². The number of hydrogen-bond donors (Lipinski definition) is 0. The molecule has 1 heterocycles. The summed E-state index contributed by atoms with van der Waals surface area (Å²) in [5.41, 5.74) is 1.03. The zero-order valence-electron chi connectivity index (χ0n) is 9.86. The Morgan fingerprint density at radius 3 is 2.83 bits per heavy atom. The fourth-order valence-electron chi connectivity index (χ4n) is 1.74. The first kappa shape index (κ1) is 12.8. The van der Waals surface area contributed by atoms with Gasteiger partial charge in [-0.3, -0.25) is 9.48 Å². The van der Waals surface area contributed by atoms with Crippen LogP contribution in [0.2, 0.25) is 5.02 Å². The van der Waals surface area contributed by atoms with Crippen molar-refractivity contribution in [2.24, 2.45) is 7.05 Å². The zero-order valence-corrected chi connectivity index (χ0v) is 10.6. The molecule has 94 valence electrons. The van der Waals surface area contributed by atoms with E-state index >= 15 is 0 Å². The number of aromatic nitrogens is 2. The maximum atomic E-state index is 13.5. The molecule has 0 aliphatic rings. The summed E-state index contributed by atoms with van der Waals surface area (Å²) in [6.45, 7) is 0. The molecule has 0 aliphatic heterocycles. The number of nitrogens with zero attached hydrogens (tertiary/aromatic N) is 2. The Morgan fingerprint density at radius 1 is 1.44 bits per heavy atom. The molecule has 0 bridgehead atoms. The van der Waals surface area contributed by atoms with E-state index in [4.69, 9.17) is 11.6 Å². The molecule has 0 fully saturated rings. The highest BCUT2D eigenvalue weighted by atomic mass is 35.5. The number of hydrogen-bond acceptors (Lipinski definition) is 2. The topological polar surface area (TPSA) is 34.9 Å². The monoisotopic (exact) mass is 266 g/mol. The van der Waals surface area contributed by atoms with Crippen LogP contribution in [0.1, 0.15) is 22.5 Å². The van der Waals surface area contributed by atoms with Crippen molar-refractivity contribution in [2.75, 3.05) is 0 Å². The van der Waals surface area contributed by atoms with Crippen LogP contribution in [0.3, 0.4) is 0 Å². The van der Waals surface area contributed by atoms with Crippen LogP contribution in [0.25, 0.3) is 0 Å². The van der Waals surface area contributed by atoms with Gasteiger partial charge in [-0.2, -0.15) is 5.10 Å². The van der Waals surface area contributed by atoms with Crippen molar-refractivity contribution in [3.05, 3.63) is 52.6 Å². The van der Waals surface area contributed by atoms with Crippen LogP contribution in [-0.2, 0) is 13.5 Å². The minimum atomic E-state index is -0.572. The second-order valence-corrected chi connectivity index (χ2v) is 4.43. The molecule has 0 amide bonds. The Bertz CT molecular complexity index is 580. The highest BCUT2D eigenvalue weighted by molar-refractivity contribution is 6.30. The van der Waals surface area contributed by atoms with Crippen molar-refractivity contribution in [2.45, 2.75) is 12.8 Å². The molecule has 2 rings (SSSR count). The van der Waals surface area contributed by atoms with Gasteiger partial charge in [0.15, 0.2) is 5.78 Å². The summed E-state index contributed by atoms with van der Waals surface area (Å²) in [4.78, 5) is 11.9. The van der Waals surface area contributed by atoms with Crippen LogP contribution in [0.4, 0.5) is 4.39 Å². The molecule has 0 N–H and O–H groups in total. The Balaban J connectivity index is 2.06. The number of rotatable bonds is 4. The van der Waals surface area contributed by atoms with Gasteiger partial charge in [0.2, 0.25) is 0 Å². The molecule has 1 aromatic carbocycles. The van der Waals surface area contributed by atoms with Crippen LogP contribution in [-0.4, -0.2) is 15.6 Å². The highest BCUT2D eigenvalue weighted by Crippen LogP contribution is 2.16. The molecule has 2 aromatic rings. The Hall–Kier alpha value is -1.68. The molecule has 0 radical (unpaired) electrons. The lowest BCUT2D eigenvalue weighted by Gasteiger charge is -2.04. The van der Waals surface area contributed by atoms with E-state index in [0.717, 1.165) is 11.8 Å². The molecule has 0 spiro atoms. The molecular weight excluding hydrogens is 255 g/mol. The first-order chi connectivity index (χ1) is 8.58. The van der Waals surface area contributed by atoms with E-state index in [0.29, 0.717) is 6.42 Å². The SMILES string of the molecule is Cn1nccc1CCC(=O)c1ccc(Cl)cc1F. The van der Waals surface area contributed by atoms with Crippen molar-refractivity contribution in [1.29, 1.82) is 0 Å². The van der Waals surface area contributed by atoms with Gasteiger partial charge in [-0.1, -0.05) is 11.6 Å². The van der Waals surface area contributed by atoms with E-state index < -0.39 is 5.82 Å². The largest absolute Gasteiger partial charge is 0.294 e. The third-order valence-electron chi connectivity index (χ3n) is 2.76. The second-order valence-electron chi connectivity index (χ2n) is 3.99. The normalized spacial score (nSPS) is 10.6. The second kappa shape index (κ2) is 5.31. The van der Waals surface area contributed by atoms with Crippen LogP contribution >= 0.6 is 11.6 Å². The summed E-state index contributed by atoms with van der Waals surface area (Å²) in [5.74, 6) is -0.803. The van der Waals surface area contributed by atoms with E-state index in [-0.39, 0.29) is 22.8 Å². The van der Waals surface area contributed by atoms with Crippen LogP contribution in [0, 0.1) is 5.82 Å². The van der Waals surface area contributed by atoms with Gasteiger partial charge in [-0.15, -0.1) is 0 Å². The van der Waals surface area contributed by atoms with Crippen molar-refractivity contribution in [1.82, 2.24) is 9.78 Å². The summed E-state index contributed by atoms with van der Waals surface area (Å²) in [5, 5.41) is 4.30. The number of Topliss-reactive ketones (excluding diaryl/α,β-unsaturated/α-hetero) is 1. The third-order valence-corrected chi connectivity index (χ3v) is 3.00. The lowest BCUT2D eigenvalue weighted by molar-refractivity contribution is 0.0978. The summed E-state index contributed by atoms with van der Waals surface area (Å²) < 4.78 is 15.2. The van der Waals surface area contributed by atoms with E-state index in [9.17, 15) is 9.18 Å². The number of carbonyl (C=O) groups is 1. The molecule has 18 heavy (non-hydrogen) atoms. The quantitative estimate of drug-likeness (QED) is 0.798. The summed E-state index contributed by atoms with van der Waals surface area (Å²) in [7, 11) is 1.81. The molecule has 1 aromatic heterocycles. The molecule has 0 atom stereocenters. The average Bonchev–Trinajstić information content (AvgIpc) is 2.72. The van der Waals surface area contributed by atoms with Gasteiger partial charge in [-0.05, 0) is 30.7 Å². The first-order valence-electron chi connectivity index (χ1n) is 5.53. The molecule has 3 nitrogen and oxygen atoms in total. The molecule has 0 aliphatic carbocycles. The Morgan fingerprint density at radius 2 is 2.22 bits per heavy atom. The first-order valence-corrected chi connectivity index (χ1v) is 5.91. The highest BCUT2D eigenvalue weighted by Gasteiger charge is 2.12. The van der Waals surface area contributed by atoms with Gasteiger partial charge < -0.3 is 0 Å².